The van der Waals surface area contributed by atoms with Crippen molar-refractivity contribution >= 4 is 45.8 Å². The molecule has 1 amide bonds. The summed E-state index contributed by atoms with van der Waals surface area (Å²) in [5, 5.41) is 13.2. The molecule has 2 atom stereocenters. The average molecular weight is 412 g/mol. The van der Waals surface area contributed by atoms with E-state index in [4.69, 9.17) is 16.3 Å². The Hall–Kier alpha value is -1.86. The predicted molar refractivity (Wildman–Crippen MR) is 103 cm³/mol. The van der Waals surface area contributed by atoms with Crippen LogP contribution in [0.5, 0.6) is 0 Å². The van der Waals surface area contributed by atoms with Crippen LogP contribution in [-0.4, -0.2) is 29.6 Å². The molecule has 2 aliphatic carbocycles. The zero-order valence-corrected chi connectivity index (χ0v) is 16.6. The van der Waals surface area contributed by atoms with Crippen molar-refractivity contribution in [2.24, 2.45) is 11.8 Å². The minimum Gasteiger partial charge on any atom is -0.481 e. The van der Waals surface area contributed by atoms with Crippen LogP contribution in [0.3, 0.4) is 0 Å². The van der Waals surface area contributed by atoms with Crippen LogP contribution in [-0.2, 0) is 27.2 Å². The number of carboxylic acid groups (broad SMARTS) is 1. The van der Waals surface area contributed by atoms with Crippen LogP contribution in [0.2, 0.25) is 0 Å². The summed E-state index contributed by atoms with van der Waals surface area (Å²) in [5.74, 6) is -3.48. The lowest BCUT2D eigenvalue weighted by atomic mass is 9.82. The summed E-state index contributed by atoms with van der Waals surface area (Å²) in [6.07, 6.45) is 5.75. The Morgan fingerprint density at radius 2 is 2.04 bits per heavy atom. The lowest BCUT2D eigenvalue weighted by molar-refractivity contribution is -0.146. The van der Waals surface area contributed by atoms with Crippen LogP contribution >= 0.6 is 22.9 Å². The number of allylic oxidation sites excluding steroid dienone is 2. The molecule has 2 aliphatic rings. The monoisotopic (exact) mass is 411 g/mol. The lowest BCUT2D eigenvalue weighted by Crippen LogP contribution is -2.35. The normalized spacial score (nSPS) is 21.8. The molecule has 1 heterocycles. The van der Waals surface area contributed by atoms with Gasteiger partial charge in [0.05, 0.1) is 24.0 Å². The average Bonchev–Trinajstić information content (AvgIpc) is 2.99. The van der Waals surface area contributed by atoms with Gasteiger partial charge < -0.3 is 15.2 Å². The Bertz CT molecular complexity index is 800. The number of carbonyl (C=O) groups is 3. The minimum absolute atomic E-state index is 0.185. The molecule has 0 aliphatic heterocycles. The third-order valence-electron chi connectivity index (χ3n) is 5.04. The number of nitrogens with one attached hydrogen (secondary N) is 1. The van der Waals surface area contributed by atoms with Crippen LogP contribution in [0.15, 0.2) is 11.1 Å². The summed E-state index contributed by atoms with van der Waals surface area (Å²) in [6, 6.07) is 0. The van der Waals surface area contributed by atoms with Gasteiger partial charge in [0.25, 0.3) is 0 Å². The van der Waals surface area contributed by atoms with E-state index in [2.05, 4.69) is 5.32 Å². The molecule has 0 aromatic carbocycles. The van der Waals surface area contributed by atoms with E-state index < -0.39 is 29.7 Å². The summed E-state index contributed by atoms with van der Waals surface area (Å²) in [7, 11) is 0. The first-order valence-corrected chi connectivity index (χ1v) is 10.3. The molecule has 0 bridgehead atoms. The van der Waals surface area contributed by atoms with Crippen LogP contribution in [0.25, 0.3) is 0 Å². The van der Waals surface area contributed by atoms with Gasteiger partial charge in [-0.3, -0.25) is 9.59 Å². The van der Waals surface area contributed by atoms with E-state index in [1.165, 1.54) is 11.3 Å². The van der Waals surface area contributed by atoms with E-state index in [0.29, 0.717) is 15.6 Å². The minimum atomic E-state index is -1.02. The number of rotatable bonds is 5. The molecule has 0 saturated heterocycles. The third kappa shape index (κ3) is 4.19. The van der Waals surface area contributed by atoms with Crippen LogP contribution < -0.4 is 5.32 Å². The number of halogens is 1. The smallest absolute Gasteiger partial charge is 0.341 e. The van der Waals surface area contributed by atoms with Crippen LogP contribution in [0.4, 0.5) is 5.00 Å². The first-order valence-electron chi connectivity index (χ1n) is 9.12. The van der Waals surface area contributed by atoms with Gasteiger partial charge in [0.2, 0.25) is 5.91 Å². The van der Waals surface area contributed by atoms with Gasteiger partial charge in [0.15, 0.2) is 0 Å². The lowest BCUT2D eigenvalue weighted by Gasteiger charge is -2.25. The maximum Gasteiger partial charge on any atom is 0.341 e. The summed E-state index contributed by atoms with van der Waals surface area (Å²) in [4.78, 5) is 38.0. The second-order valence-electron chi connectivity index (χ2n) is 6.77. The number of carbonyl (C=O) groups excluding carboxylic acids is 2. The number of amides is 1. The zero-order valence-electron chi connectivity index (χ0n) is 15.0. The van der Waals surface area contributed by atoms with Gasteiger partial charge in [-0.15, -0.1) is 11.3 Å². The first-order chi connectivity index (χ1) is 12.9. The number of thiophene rings is 1. The van der Waals surface area contributed by atoms with Gasteiger partial charge in [0.1, 0.15) is 5.00 Å². The van der Waals surface area contributed by atoms with E-state index in [9.17, 15) is 19.5 Å². The number of carboxylic acids is 1. The summed E-state index contributed by atoms with van der Waals surface area (Å²) < 4.78 is 5.19. The van der Waals surface area contributed by atoms with E-state index >= 15 is 0 Å². The number of hydrogen-bond acceptors (Lipinski definition) is 5. The van der Waals surface area contributed by atoms with Gasteiger partial charge in [-0.1, -0.05) is 17.7 Å². The molecular weight excluding hydrogens is 390 g/mol. The number of aliphatic carboxylic acids is 1. The highest BCUT2D eigenvalue weighted by molar-refractivity contribution is 7.17. The Kier molecular flexibility index (Phi) is 6.22. The van der Waals surface area contributed by atoms with Gasteiger partial charge in [-0.05, 0) is 51.0 Å². The zero-order chi connectivity index (χ0) is 19.6. The first kappa shape index (κ1) is 19.9. The number of hydrogen-bond donors (Lipinski definition) is 2. The van der Waals surface area contributed by atoms with Crippen molar-refractivity contribution < 1.29 is 24.2 Å². The topological polar surface area (TPSA) is 92.7 Å². The standard InChI is InChI=1S/C19H22ClNO5S/c1-2-26-19(25)15-12-5-3-4-6-14(12)27-17(15)21-16(22)13-9-10(20)7-8-11(13)18(23)24/h7,11,13H,2-6,8-9H2,1H3,(H,21,22)(H,23,24)/t11-,13-/m0/s1. The molecule has 1 aromatic rings. The highest BCUT2D eigenvalue weighted by Gasteiger charge is 2.37. The maximum atomic E-state index is 12.9. The molecule has 8 heteroatoms. The van der Waals surface area contributed by atoms with E-state index in [-0.39, 0.29) is 19.4 Å². The number of anilines is 1. The molecule has 146 valence electrons. The molecular formula is C19H22ClNO5S. The fraction of sp³-hybridized carbons (Fsp3) is 0.526. The predicted octanol–water partition coefficient (Wildman–Crippen LogP) is 3.98. The largest absolute Gasteiger partial charge is 0.481 e. The second-order valence-corrected chi connectivity index (χ2v) is 8.36. The number of aryl methyl sites for hydroxylation is 1. The second kappa shape index (κ2) is 8.44. The number of esters is 1. The van der Waals surface area contributed by atoms with Crippen molar-refractivity contribution in [1.82, 2.24) is 0 Å². The SMILES string of the molecule is CCOC(=O)c1c(NC(=O)[C@H]2CC(Cl)=CC[C@@H]2C(=O)O)sc2c1CCCC2. The van der Waals surface area contributed by atoms with Crippen LogP contribution in [0.1, 0.15) is 53.4 Å². The van der Waals surface area contributed by atoms with Crippen molar-refractivity contribution in [3.8, 4) is 0 Å². The van der Waals surface area contributed by atoms with Gasteiger partial charge in [0, 0.05) is 9.91 Å². The molecule has 2 N–H and O–H groups in total. The summed E-state index contributed by atoms with van der Waals surface area (Å²) >= 11 is 7.44. The van der Waals surface area contributed by atoms with Crippen molar-refractivity contribution in [2.75, 3.05) is 11.9 Å². The van der Waals surface area contributed by atoms with Crippen molar-refractivity contribution in [3.05, 3.63) is 27.1 Å². The van der Waals surface area contributed by atoms with Gasteiger partial charge in [-0.25, -0.2) is 4.79 Å². The van der Waals surface area contributed by atoms with Gasteiger partial charge in [-0.2, -0.15) is 0 Å². The van der Waals surface area contributed by atoms with Crippen molar-refractivity contribution in [3.63, 3.8) is 0 Å². The molecule has 0 saturated carbocycles. The third-order valence-corrected chi connectivity index (χ3v) is 6.55. The molecule has 27 heavy (non-hydrogen) atoms. The maximum absolute atomic E-state index is 12.9. The summed E-state index contributed by atoms with van der Waals surface area (Å²) in [5.41, 5.74) is 1.38. The van der Waals surface area contributed by atoms with Crippen molar-refractivity contribution in [1.29, 1.82) is 0 Å². The van der Waals surface area contributed by atoms with Gasteiger partial charge >= 0.3 is 11.9 Å². The molecule has 3 rings (SSSR count). The summed E-state index contributed by atoms with van der Waals surface area (Å²) in [6.45, 7) is 1.99. The number of fused-ring (bicyclic) bond motifs is 1. The quantitative estimate of drug-likeness (QED) is 0.715. The molecule has 1 aromatic heterocycles. The highest BCUT2D eigenvalue weighted by atomic mass is 35.5. The van der Waals surface area contributed by atoms with E-state index in [0.717, 1.165) is 36.1 Å². The molecule has 0 spiro atoms. The van der Waals surface area contributed by atoms with Crippen molar-refractivity contribution in [2.45, 2.75) is 45.4 Å². The molecule has 6 nitrogen and oxygen atoms in total. The fourth-order valence-electron chi connectivity index (χ4n) is 3.68. The van der Waals surface area contributed by atoms with Crippen LogP contribution in [0, 0.1) is 11.8 Å². The number of ether oxygens (including phenoxy) is 1. The van der Waals surface area contributed by atoms with E-state index in [1.807, 2.05) is 0 Å². The Morgan fingerprint density at radius 1 is 1.30 bits per heavy atom. The Balaban J connectivity index is 1.89. The Morgan fingerprint density at radius 3 is 2.74 bits per heavy atom. The Labute approximate surface area is 166 Å². The molecule has 0 fully saturated rings. The molecule has 0 radical (unpaired) electrons. The molecule has 0 unspecified atom stereocenters. The highest BCUT2D eigenvalue weighted by Crippen LogP contribution is 2.40. The fourth-order valence-corrected chi connectivity index (χ4v) is 5.22. The van der Waals surface area contributed by atoms with E-state index in [1.54, 1.807) is 13.0 Å².